The van der Waals surface area contributed by atoms with Gasteiger partial charge in [-0.15, -0.1) is 0 Å². The average molecular weight is 512 g/mol. The summed E-state index contributed by atoms with van der Waals surface area (Å²) in [7, 11) is 1.59. The van der Waals surface area contributed by atoms with Crippen molar-refractivity contribution >= 4 is 51.9 Å². The van der Waals surface area contributed by atoms with Gasteiger partial charge >= 0.3 is 6.03 Å². The molecule has 0 spiro atoms. The summed E-state index contributed by atoms with van der Waals surface area (Å²) in [5, 5.41) is 11.8. The topological polar surface area (TPSA) is 81.7 Å². The number of amides is 2. The number of fused-ring (bicyclic) bond motifs is 1. The first-order valence-electron chi connectivity index (χ1n) is 10.5. The molecule has 0 radical (unpaired) electrons. The van der Waals surface area contributed by atoms with Crippen LogP contribution in [0.4, 0.5) is 4.79 Å². The number of H-pyrrole nitrogens is 1. The normalized spacial score (nSPS) is 16.8. The molecule has 1 aliphatic rings. The van der Waals surface area contributed by atoms with E-state index < -0.39 is 5.60 Å². The number of β-amino-alcohol motifs (C(OH)–C–C–N with tert-alkyl or cyclic N) is 1. The maximum absolute atomic E-state index is 13.3. The van der Waals surface area contributed by atoms with E-state index in [0.717, 1.165) is 11.1 Å². The van der Waals surface area contributed by atoms with Gasteiger partial charge in [0.2, 0.25) is 0 Å². The van der Waals surface area contributed by atoms with Gasteiger partial charge in [0.05, 0.1) is 47.4 Å². The van der Waals surface area contributed by atoms with Gasteiger partial charge in [-0.1, -0.05) is 40.9 Å². The minimum Gasteiger partial charge on any atom is -0.497 e. The van der Waals surface area contributed by atoms with Gasteiger partial charge in [-0.3, -0.25) is 0 Å². The van der Waals surface area contributed by atoms with Crippen LogP contribution in [-0.2, 0) is 13.0 Å². The van der Waals surface area contributed by atoms with Gasteiger partial charge < -0.3 is 24.6 Å². The lowest BCUT2D eigenvalue weighted by Gasteiger charge is -2.29. The van der Waals surface area contributed by atoms with E-state index >= 15 is 0 Å². The molecule has 1 saturated heterocycles. The summed E-state index contributed by atoms with van der Waals surface area (Å²) in [6.45, 7) is 4.30. The standard InChI is InChI=1S/C23H25Cl3N4O3/c1-23(2,32)12-30-14(8-13-4-5-15(33-3)9-17(13)25)10-29(22(30)31)11-19-27-18-7-6-16(24)20(26)21(18)28-19/h4-7,9,14,32H,8,10-12H2,1-3H3,(H,27,28). The van der Waals surface area contributed by atoms with Crippen molar-refractivity contribution in [2.45, 2.75) is 38.5 Å². The third kappa shape index (κ3) is 5.17. The fraction of sp³-hybridized carbons (Fsp3) is 0.391. The van der Waals surface area contributed by atoms with Crippen molar-refractivity contribution in [2.75, 3.05) is 20.2 Å². The fourth-order valence-electron chi connectivity index (χ4n) is 4.09. The Bertz CT molecular complexity index is 1190. The van der Waals surface area contributed by atoms with Crippen LogP contribution in [-0.4, -0.2) is 62.7 Å². The Labute approximate surface area is 207 Å². The van der Waals surface area contributed by atoms with Crippen LogP contribution in [0.2, 0.25) is 15.1 Å². The predicted molar refractivity (Wildman–Crippen MR) is 130 cm³/mol. The van der Waals surface area contributed by atoms with Crippen LogP contribution in [0, 0.1) is 0 Å². The number of rotatable bonds is 7. The number of nitrogens with one attached hydrogen (secondary N) is 1. The maximum atomic E-state index is 13.3. The number of nitrogens with zero attached hydrogens (tertiary/aromatic N) is 3. The van der Waals surface area contributed by atoms with Gasteiger partial charge in [0.1, 0.15) is 17.1 Å². The van der Waals surface area contributed by atoms with E-state index in [1.807, 2.05) is 12.1 Å². The maximum Gasteiger partial charge on any atom is 0.320 e. The number of urea groups is 1. The first-order valence-corrected chi connectivity index (χ1v) is 11.6. The molecule has 33 heavy (non-hydrogen) atoms. The lowest BCUT2D eigenvalue weighted by Crippen LogP contribution is -2.45. The molecule has 1 atom stereocenters. The van der Waals surface area contributed by atoms with Gasteiger partial charge in [-0.2, -0.15) is 0 Å². The number of ether oxygens (including phenoxy) is 1. The molecule has 2 aromatic carbocycles. The second kappa shape index (κ2) is 9.22. The SMILES string of the molecule is COc1ccc(CC2CN(Cc3nc4c(Cl)c(Cl)ccc4[nH]3)C(=O)N2CC(C)(C)O)c(Cl)c1. The molecular weight excluding hydrogens is 487 g/mol. The molecule has 1 fully saturated rings. The number of halogens is 3. The molecule has 176 valence electrons. The second-order valence-corrected chi connectivity index (χ2v) is 10.1. The highest BCUT2D eigenvalue weighted by Crippen LogP contribution is 2.31. The Morgan fingerprint density at radius 3 is 2.64 bits per heavy atom. The summed E-state index contributed by atoms with van der Waals surface area (Å²) < 4.78 is 5.23. The largest absolute Gasteiger partial charge is 0.497 e. The fourth-order valence-corrected chi connectivity index (χ4v) is 4.70. The summed E-state index contributed by atoms with van der Waals surface area (Å²) in [5.74, 6) is 1.28. The number of hydrogen-bond donors (Lipinski definition) is 2. The average Bonchev–Trinajstić information content (AvgIpc) is 3.28. The molecule has 10 heteroatoms. The molecule has 2 heterocycles. The van der Waals surface area contributed by atoms with E-state index in [1.165, 1.54) is 0 Å². The Balaban J connectivity index is 1.58. The monoisotopic (exact) mass is 510 g/mol. The lowest BCUT2D eigenvalue weighted by molar-refractivity contribution is 0.0425. The number of hydrogen-bond acceptors (Lipinski definition) is 4. The Morgan fingerprint density at radius 2 is 1.97 bits per heavy atom. The number of benzene rings is 2. The highest BCUT2D eigenvalue weighted by molar-refractivity contribution is 6.44. The Hall–Kier alpha value is -2.19. The molecule has 3 aromatic rings. The smallest absolute Gasteiger partial charge is 0.320 e. The van der Waals surface area contributed by atoms with Crippen molar-refractivity contribution in [2.24, 2.45) is 0 Å². The summed E-state index contributed by atoms with van der Waals surface area (Å²) in [6, 6.07) is 8.68. The van der Waals surface area contributed by atoms with Gasteiger partial charge in [-0.25, -0.2) is 9.78 Å². The van der Waals surface area contributed by atoms with Crippen molar-refractivity contribution in [3.8, 4) is 5.75 Å². The molecule has 1 aromatic heterocycles. The molecule has 1 aliphatic heterocycles. The van der Waals surface area contributed by atoms with Crippen LogP contribution in [0.25, 0.3) is 11.0 Å². The van der Waals surface area contributed by atoms with Gasteiger partial charge in [0, 0.05) is 11.6 Å². The van der Waals surface area contributed by atoms with Crippen molar-refractivity contribution in [3.63, 3.8) is 0 Å². The molecule has 2 amide bonds. The first kappa shape index (κ1) is 24.0. The van der Waals surface area contributed by atoms with Crippen molar-refractivity contribution in [1.82, 2.24) is 19.8 Å². The highest BCUT2D eigenvalue weighted by Gasteiger charge is 2.40. The lowest BCUT2D eigenvalue weighted by atomic mass is 10.0. The summed E-state index contributed by atoms with van der Waals surface area (Å²) in [4.78, 5) is 24.5. The van der Waals surface area contributed by atoms with E-state index in [9.17, 15) is 9.90 Å². The van der Waals surface area contributed by atoms with E-state index in [-0.39, 0.29) is 25.2 Å². The summed E-state index contributed by atoms with van der Waals surface area (Å²) >= 11 is 18.8. The summed E-state index contributed by atoms with van der Waals surface area (Å²) in [6.07, 6.45) is 0.544. The highest BCUT2D eigenvalue weighted by atomic mass is 35.5. The molecule has 4 rings (SSSR count). The zero-order chi connectivity index (χ0) is 23.9. The van der Waals surface area contributed by atoms with Crippen molar-refractivity contribution in [3.05, 3.63) is 56.8 Å². The Morgan fingerprint density at radius 1 is 1.21 bits per heavy atom. The van der Waals surface area contributed by atoms with Crippen LogP contribution in [0.5, 0.6) is 5.75 Å². The quantitative estimate of drug-likeness (QED) is 0.459. The number of carbonyl (C=O) groups is 1. The van der Waals surface area contributed by atoms with E-state index in [1.54, 1.807) is 49.0 Å². The van der Waals surface area contributed by atoms with Crippen LogP contribution in [0.15, 0.2) is 30.3 Å². The number of imidazole rings is 1. The minimum atomic E-state index is -1.04. The van der Waals surface area contributed by atoms with Crippen LogP contribution >= 0.6 is 34.8 Å². The first-order chi connectivity index (χ1) is 15.6. The van der Waals surface area contributed by atoms with E-state index in [0.29, 0.717) is 45.1 Å². The number of aromatic nitrogens is 2. The van der Waals surface area contributed by atoms with E-state index in [2.05, 4.69) is 9.97 Å². The third-order valence-corrected chi connectivity index (χ3v) is 6.74. The molecule has 0 aliphatic carbocycles. The van der Waals surface area contributed by atoms with Crippen LogP contribution in [0.3, 0.4) is 0 Å². The number of aliphatic hydroxyl groups is 1. The molecule has 2 N–H and O–H groups in total. The van der Waals surface area contributed by atoms with Crippen molar-refractivity contribution < 1.29 is 14.6 Å². The minimum absolute atomic E-state index is 0.169. The zero-order valence-electron chi connectivity index (χ0n) is 18.5. The van der Waals surface area contributed by atoms with Crippen molar-refractivity contribution in [1.29, 1.82) is 0 Å². The van der Waals surface area contributed by atoms with Crippen LogP contribution in [0.1, 0.15) is 25.2 Å². The Kier molecular flexibility index (Phi) is 6.69. The number of carbonyl (C=O) groups excluding carboxylic acids is 1. The number of aromatic amines is 1. The van der Waals surface area contributed by atoms with Gasteiger partial charge in [-0.05, 0) is 50.1 Å². The molecule has 0 bridgehead atoms. The van der Waals surface area contributed by atoms with Gasteiger partial charge in [0.25, 0.3) is 0 Å². The van der Waals surface area contributed by atoms with Gasteiger partial charge in [0.15, 0.2) is 0 Å². The number of methoxy groups -OCH3 is 1. The van der Waals surface area contributed by atoms with E-state index in [4.69, 9.17) is 39.5 Å². The van der Waals surface area contributed by atoms with Crippen LogP contribution < -0.4 is 4.74 Å². The second-order valence-electron chi connectivity index (χ2n) is 8.86. The predicted octanol–water partition coefficient (Wildman–Crippen LogP) is 5.15. The molecule has 0 saturated carbocycles. The summed E-state index contributed by atoms with van der Waals surface area (Å²) in [5.41, 5.74) is 1.18. The molecule has 7 nitrogen and oxygen atoms in total. The molecular formula is C23H25Cl3N4O3. The zero-order valence-corrected chi connectivity index (χ0v) is 20.8. The third-order valence-electron chi connectivity index (χ3n) is 5.60. The molecule has 1 unspecified atom stereocenters.